The maximum atomic E-state index is 10.3. The molecule has 0 aromatic carbocycles. The molecule has 21 heavy (non-hydrogen) atoms. The van der Waals surface area contributed by atoms with Crippen LogP contribution in [-0.2, 0) is 4.79 Å². The van der Waals surface area contributed by atoms with Crippen molar-refractivity contribution in [1.29, 1.82) is 0 Å². The van der Waals surface area contributed by atoms with Crippen molar-refractivity contribution < 1.29 is 15.0 Å². The molecular formula is C18H28O3. The van der Waals surface area contributed by atoms with E-state index in [0.717, 1.165) is 32.1 Å². The van der Waals surface area contributed by atoms with Crippen LogP contribution < -0.4 is 0 Å². The molecular weight excluding hydrogens is 264 g/mol. The van der Waals surface area contributed by atoms with Crippen LogP contribution in [0.15, 0.2) is 48.6 Å². The van der Waals surface area contributed by atoms with E-state index in [-0.39, 0.29) is 6.42 Å². The van der Waals surface area contributed by atoms with E-state index < -0.39 is 12.1 Å². The number of aliphatic hydroxyl groups is 1. The van der Waals surface area contributed by atoms with Crippen molar-refractivity contribution in [2.24, 2.45) is 0 Å². The van der Waals surface area contributed by atoms with Crippen molar-refractivity contribution in [2.45, 2.75) is 58.0 Å². The summed E-state index contributed by atoms with van der Waals surface area (Å²) in [5.74, 6) is -0.721. The smallest absolute Gasteiger partial charge is 0.303 e. The van der Waals surface area contributed by atoms with Gasteiger partial charge >= 0.3 is 5.97 Å². The van der Waals surface area contributed by atoms with Gasteiger partial charge in [0, 0.05) is 6.42 Å². The van der Waals surface area contributed by atoms with E-state index in [1.165, 1.54) is 0 Å². The molecule has 0 aliphatic rings. The first-order valence-electron chi connectivity index (χ1n) is 7.70. The Hall–Kier alpha value is -1.61. The highest BCUT2D eigenvalue weighted by Crippen LogP contribution is 2.01. The molecule has 2 N–H and O–H groups in total. The predicted molar refractivity (Wildman–Crippen MR) is 88.2 cm³/mol. The van der Waals surface area contributed by atoms with Gasteiger partial charge in [0.1, 0.15) is 0 Å². The highest BCUT2D eigenvalue weighted by atomic mass is 16.4. The minimum absolute atomic E-state index is 0.258. The number of aliphatic carboxylic acids is 1. The molecule has 1 atom stereocenters. The molecule has 3 nitrogen and oxygen atoms in total. The normalized spacial score (nSPS) is 14.0. The molecule has 3 heteroatoms. The first-order valence-corrected chi connectivity index (χ1v) is 7.70. The second kappa shape index (κ2) is 14.8. The number of carboxylic acids is 1. The SMILES string of the molecule is CCC=CCC(O)C=CC=CCC=CCCCCC(=O)O. The van der Waals surface area contributed by atoms with Gasteiger partial charge in [-0.15, -0.1) is 0 Å². The summed E-state index contributed by atoms with van der Waals surface area (Å²) in [4.78, 5) is 10.3. The van der Waals surface area contributed by atoms with E-state index >= 15 is 0 Å². The van der Waals surface area contributed by atoms with Crippen LogP contribution in [0.2, 0.25) is 0 Å². The summed E-state index contributed by atoms with van der Waals surface area (Å²) in [5, 5.41) is 18.1. The molecule has 0 spiro atoms. The van der Waals surface area contributed by atoms with Crippen LogP contribution in [0.4, 0.5) is 0 Å². The van der Waals surface area contributed by atoms with Crippen LogP contribution in [0.25, 0.3) is 0 Å². The fourth-order valence-corrected chi connectivity index (χ4v) is 1.66. The third-order valence-electron chi connectivity index (χ3n) is 2.81. The van der Waals surface area contributed by atoms with Crippen molar-refractivity contribution >= 4 is 5.97 Å². The van der Waals surface area contributed by atoms with E-state index in [1.54, 1.807) is 6.08 Å². The standard InChI is InChI=1S/C18H28O3/c1-2-3-11-14-17(19)15-12-9-7-5-4-6-8-10-13-16-18(20)21/h3-4,6-7,9,11-12,15,17,19H,2,5,8,10,13-14,16H2,1H3,(H,20,21). The highest BCUT2D eigenvalue weighted by Gasteiger charge is 1.94. The van der Waals surface area contributed by atoms with Crippen molar-refractivity contribution in [1.82, 2.24) is 0 Å². The predicted octanol–water partition coefficient (Wildman–Crippen LogP) is 4.41. The fraction of sp³-hybridized carbons (Fsp3) is 0.500. The zero-order valence-electron chi connectivity index (χ0n) is 12.9. The number of aliphatic hydroxyl groups excluding tert-OH is 1. The van der Waals surface area contributed by atoms with E-state index in [2.05, 4.69) is 19.1 Å². The molecule has 0 aliphatic heterocycles. The Morgan fingerprint density at radius 1 is 1.05 bits per heavy atom. The van der Waals surface area contributed by atoms with E-state index in [0.29, 0.717) is 6.42 Å². The van der Waals surface area contributed by atoms with Crippen LogP contribution in [0.3, 0.4) is 0 Å². The number of allylic oxidation sites excluding steroid dienone is 6. The molecule has 0 radical (unpaired) electrons. The Balaban J connectivity index is 3.58. The Labute approximate surface area is 128 Å². The number of unbranched alkanes of at least 4 members (excludes halogenated alkanes) is 2. The summed E-state index contributed by atoms with van der Waals surface area (Å²) in [6.45, 7) is 2.07. The van der Waals surface area contributed by atoms with Gasteiger partial charge in [-0.25, -0.2) is 0 Å². The van der Waals surface area contributed by atoms with Crippen LogP contribution in [0.5, 0.6) is 0 Å². The second-order valence-corrected chi connectivity index (χ2v) is 4.84. The van der Waals surface area contributed by atoms with Crippen LogP contribution >= 0.6 is 0 Å². The molecule has 118 valence electrons. The molecule has 0 aromatic heterocycles. The first-order chi connectivity index (χ1) is 10.2. The summed E-state index contributed by atoms with van der Waals surface area (Å²) in [6.07, 6.45) is 20.8. The van der Waals surface area contributed by atoms with Gasteiger partial charge in [0.15, 0.2) is 0 Å². The van der Waals surface area contributed by atoms with Gasteiger partial charge in [-0.1, -0.05) is 55.5 Å². The van der Waals surface area contributed by atoms with E-state index in [9.17, 15) is 9.90 Å². The molecule has 0 bridgehead atoms. The van der Waals surface area contributed by atoms with Gasteiger partial charge in [0.05, 0.1) is 6.10 Å². The second-order valence-electron chi connectivity index (χ2n) is 4.84. The third-order valence-corrected chi connectivity index (χ3v) is 2.81. The highest BCUT2D eigenvalue weighted by molar-refractivity contribution is 5.66. The average molecular weight is 292 g/mol. The summed E-state index contributed by atoms with van der Waals surface area (Å²) >= 11 is 0. The zero-order chi connectivity index (χ0) is 15.8. The number of hydrogen-bond acceptors (Lipinski definition) is 2. The summed E-state index contributed by atoms with van der Waals surface area (Å²) in [6, 6.07) is 0. The van der Waals surface area contributed by atoms with Crippen LogP contribution in [0, 0.1) is 0 Å². The van der Waals surface area contributed by atoms with Gasteiger partial charge in [-0.05, 0) is 38.5 Å². The van der Waals surface area contributed by atoms with Crippen molar-refractivity contribution in [2.75, 3.05) is 0 Å². The lowest BCUT2D eigenvalue weighted by molar-refractivity contribution is -0.137. The largest absolute Gasteiger partial charge is 0.481 e. The number of rotatable bonds is 12. The topological polar surface area (TPSA) is 57.5 Å². The van der Waals surface area contributed by atoms with E-state index in [1.807, 2.05) is 30.4 Å². The molecule has 0 aliphatic carbocycles. The molecule has 0 saturated carbocycles. The van der Waals surface area contributed by atoms with Gasteiger partial charge < -0.3 is 10.2 Å². The van der Waals surface area contributed by atoms with Crippen molar-refractivity contribution in [3.8, 4) is 0 Å². The number of carboxylic acid groups (broad SMARTS) is 1. The van der Waals surface area contributed by atoms with Gasteiger partial charge in [0.25, 0.3) is 0 Å². The summed E-state index contributed by atoms with van der Waals surface area (Å²) in [7, 11) is 0. The van der Waals surface area contributed by atoms with Crippen molar-refractivity contribution in [3.63, 3.8) is 0 Å². The first kappa shape index (κ1) is 19.4. The third kappa shape index (κ3) is 16.3. The van der Waals surface area contributed by atoms with Gasteiger partial charge in [0.2, 0.25) is 0 Å². The number of carbonyl (C=O) groups is 1. The lowest BCUT2D eigenvalue weighted by Crippen LogP contribution is -1.98. The fourth-order valence-electron chi connectivity index (χ4n) is 1.66. The minimum Gasteiger partial charge on any atom is -0.481 e. The molecule has 0 heterocycles. The Morgan fingerprint density at radius 2 is 1.86 bits per heavy atom. The Bertz CT molecular complexity index is 365. The Morgan fingerprint density at radius 3 is 2.57 bits per heavy atom. The van der Waals surface area contributed by atoms with Crippen LogP contribution in [-0.4, -0.2) is 22.3 Å². The van der Waals surface area contributed by atoms with Gasteiger partial charge in [-0.3, -0.25) is 4.79 Å². The maximum Gasteiger partial charge on any atom is 0.303 e. The molecule has 0 saturated heterocycles. The van der Waals surface area contributed by atoms with Crippen LogP contribution in [0.1, 0.15) is 51.9 Å². The quantitative estimate of drug-likeness (QED) is 0.318. The molecule has 0 fully saturated rings. The molecule has 0 amide bonds. The van der Waals surface area contributed by atoms with E-state index in [4.69, 9.17) is 5.11 Å². The zero-order valence-corrected chi connectivity index (χ0v) is 12.9. The minimum atomic E-state index is -0.721. The summed E-state index contributed by atoms with van der Waals surface area (Å²) in [5.41, 5.74) is 0. The molecule has 0 rings (SSSR count). The number of hydrogen-bond donors (Lipinski definition) is 2. The monoisotopic (exact) mass is 292 g/mol. The van der Waals surface area contributed by atoms with Crippen molar-refractivity contribution in [3.05, 3.63) is 48.6 Å². The van der Waals surface area contributed by atoms with Gasteiger partial charge in [-0.2, -0.15) is 0 Å². The molecule has 0 aromatic rings. The average Bonchev–Trinajstić information content (AvgIpc) is 2.44. The Kier molecular flexibility index (Phi) is 13.7. The summed E-state index contributed by atoms with van der Waals surface area (Å²) < 4.78 is 0. The lowest BCUT2D eigenvalue weighted by Gasteiger charge is -1.98. The maximum absolute atomic E-state index is 10.3. The lowest BCUT2D eigenvalue weighted by atomic mass is 10.2. The molecule has 1 unspecified atom stereocenters.